The van der Waals surface area contributed by atoms with Gasteiger partial charge in [-0.2, -0.15) is 0 Å². The zero-order valence-electron chi connectivity index (χ0n) is 15.1. The van der Waals surface area contributed by atoms with Gasteiger partial charge in [0.1, 0.15) is 0 Å². The topological polar surface area (TPSA) is 54.2 Å². The van der Waals surface area contributed by atoms with Gasteiger partial charge < -0.3 is 14.6 Å². The zero-order valence-corrected chi connectivity index (χ0v) is 15.1. The molecule has 1 fully saturated rings. The highest BCUT2D eigenvalue weighted by molar-refractivity contribution is 5.55. The first-order valence-corrected chi connectivity index (χ1v) is 9.24. The van der Waals surface area contributed by atoms with E-state index in [2.05, 4.69) is 51.6 Å². The minimum Gasteiger partial charge on any atom is -0.419 e. The summed E-state index contributed by atoms with van der Waals surface area (Å²) in [6.45, 7) is 5.15. The maximum Gasteiger partial charge on any atom is 0.247 e. The van der Waals surface area contributed by atoms with Crippen LogP contribution in [0.3, 0.4) is 0 Å². The Hall–Kier alpha value is -2.82. The molecule has 1 saturated heterocycles. The number of piperidine rings is 1. The van der Waals surface area contributed by atoms with Gasteiger partial charge >= 0.3 is 0 Å². The van der Waals surface area contributed by atoms with Crippen LogP contribution < -0.4 is 10.2 Å². The quantitative estimate of drug-likeness (QED) is 0.731. The van der Waals surface area contributed by atoms with Crippen molar-refractivity contribution in [1.29, 1.82) is 0 Å². The summed E-state index contributed by atoms with van der Waals surface area (Å²) >= 11 is 0. The minimum absolute atomic E-state index is 0.514. The van der Waals surface area contributed by atoms with Crippen molar-refractivity contribution in [2.75, 3.05) is 23.3 Å². The number of nitrogens with zero attached hydrogens (tertiary/aromatic N) is 3. The van der Waals surface area contributed by atoms with Crippen LogP contribution in [-0.4, -0.2) is 23.3 Å². The summed E-state index contributed by atoms with van der Waals surface area (Å²) in [7, 11) is 0. The molecule has 4 rings (SSSR count). The van der Waals surface area contributed by atoms with Crippen molar-refractivity contribution in [3.8, 4) is 11.5 Å². The lowest BCUT2D eigenvalue weighted by Gasteiger charge is -2.32. The van der Waals surface area contributed by atoms with Crippen LogP contribution >= 0.6 is 0 Å². The Kier molecular flexibility index (Phi) is 4.86. The number of hydrogen-bond donors (Lipinski definition) is 1. The smallest absolute Gasteiger partial charge is 0.247 e. The lowest BCUT2D eigenvalue weighted by molar-refractivity contribution is 0.438. The fourth-order valence-electron chi connectivity index (χ4n) is 3.26. The van der Waals surface area contributed by atoms with E-state index in [4.69, 9.17) is 4.42 Å². The van der Waals surface area contributed by atoms with Gasteiger partial charge in [0.2, 0.25) is 11.8 Å². The zero-order chi connectivity index (χ0) is 17.8. The Balaban J connectivity index is 1.34. The number of hydrogen-bond acceptors (Lipinski definition) is 5. The molecule has 0 radical (unpaired) electrons. The van der Waals surface area contributed by atoms with Gasteiger partial charge in [-0.1, -0.05) is 25.1 Å². The van der Waals surface area contributed by atoms with Crippen LogP contribution in [0.5, 0.6) is 0 Å². The normalized spacial score (nSPS) is 15.2. The molecule has 0 bridgehead atoms. The monoisotopic (exact) mass is 348 g/mol. The van der Waals surface area contributed by atoms with Gasteiger partial charge in [0, 0.05) is 30.0 Å². The molecule has 1 aliphatic rings. The summed E-state index contributed by atoms with van der Waals surface area (Å²) in [5.41, 5.74) is 3.29. The second-order valence-corrected chi connectivity index (χ2v) is 6.94. The molecule has 26 heavy (non-hydrogen) atoms. The van der Waals surface area contributed by atoms with E-state index in [1.54, 1.807) is 0 Å². The molecule has 5 nitrogen and oxygen atoms in total. The molecule has 0 atom stereocenters. The average Bonchev–Trinajstić information content (AvgIpc) is 3.17. The van der Waals surface area contributed by atoms with Gasteiger partial charge in [0.05, 0.1) is 6.54 Å². The SMILES string of the molecule is CC1CCN(c2ccc(NCc3nnc(-c4ccccc4)o3)cc2)CC1. The van der Waals surface area contributed by atoms with Crippen LogP contribution in [0.15, 0.2) is 59.0 Å². The number of anilines is 2. The summed E-state index contributed by atoms with van der Waals surface area (Å²) in [5.74, 6) is 1.98. The molecule has 0 amide bonds. The largest absolute Gasteiger partial charge is 0.419 e. The van der Waals surface area contributed by atoms with Crippen LogP contribution in [-0.2, 0) is 6.54 Å². The molecule has 0 spiro atoms. The molecule has 2 heterocycles. The van der Waals surface area contributed by atoms with Crippen molar-refractivity contribution in [1.82, 2.24) is 10.2 Å². The highest BCUT2D eigenvalue weighted by atomic mass is 16.4. The van der Waals surface area contributed by atoms with E-state index in [9.17, 15) is 0 Å². The molecule has 0 saturated carbocycles. The second kappa shape index (κ2) is 7.60. The molecule has 3 aromatic rings. The van der Waals surface area contributed by atoms with E-state index in [0.717, 1.165) is 30.3 Å². The third-order valence-electron chi connectivity index (χ3n) is 4.95. The predicted molar refractivity (Wildman–Crippen MR) is 104 cm³/mol. The van der Waals surface area contributed by atoms with Crippen LogP contribution in [0.4, 0.5) is 11.4 Å². The number of benzene rings is 2. The summed E-state index contributed by atoms with van der Waals surface area (Å²) < 4.78 is 5.73. The molecule has 5 heteroatoms. The van der Waals surface area contributed by atoms with E-state index in [1.807, 2.05) is 30.3 Å². The molecular weight excluding hydrogens is 324 g/mol. The van der Waals surface area contributed by atoms with Crippen molar-refractivity contribution in [2.24, 2.45) is 5.92 Å². The molecular formula is C21H24N4O. The first-order chi connectivity index (χ1) is 12.8. The third kappa shape index (κ3) is 3.87. The van der Waals surface area contributed by atoms with Crippen molar-refractivity contribution in [3.63, 3.8) is 0 Å². The van der Waals surface area contributed by atoms with Gasteiger partial charge in [0.15, 0.2) is 0 Å². The summed E-state index contributed by atoms with van der Waals surface area (Å²) in [6, 6.07) is 18.4. The Morgan fingerprint density at radius 1 is 1.00 bits per heavy atom. The maximum absolute atomic E-state index is 5.73. The highest BCUT2D eigenvalue weighted by Crippen LogP contribution is 2.24. The van der Waals surface area contributed by atoms with Crippen molar-refractivity contribution in [3.05, 3.63) is 60.5 Å². The molecule has 1 N–H and O–H groups in total. The van der Waals surface area contributed by atoms with E-state index in [1.165, 1.54) is 18.5 Å². The summed E-state index contributed by atoms with van der Waals surface area (Å²) in [6.07, 6.45) is 2.56. The fourth-order valence-corrected chi connectivity index (χ4v) is 3.26. The highest BCUT2D eigenvalue weighted by Gasteiger charge is 2.15. The van der Waals surface area contributed by atoms with Crippen LogP contribution in [0.2, 0.25) is 0 Å². The molecule has 2 aromatic carbocycles. The lowest BCUT2D eigenvalue weighted by atomic mass is 9.99. The fraction of sp³-hybridized carbons (Fsp3) is 0.333. The van der Waals surface area contributed by atoms with Gasteiger partial charge in [-0.15, -0.1) is 10.2 Å². The first kappa shape index (κ1) is 16.6. The predicted octanol–water partition coefficient (Wildman–Crippen LogP) is 4.59. The Labute approximate surface area is 154 Å². The summed E-state index contributed by atoms with van der Waals surface area (Å²) in [5, 5.41) is 11.6. The van der Waals surface area contributed by atoms with Crippen molar-refractivity contribution < 1.29 is 4.42 Å². The van der Waals surface area contributed by atoms with E-state index in [-0.39, 0.29) is 0 Å². The van der Waals surface area contributed by atoms with Crippen molar-refractivity contribution in [2.45, 2.75) is 26.3 Å². The second-order valence-electron chi connectivity index (χ2n) is 6.94. The van der Waals surface area contributed by atoms with Gasteiger partial charge in [-0.3, -0.25) is 0 Å². The maximum atomic E-state index is 5.73. The van der Waals surface area contributed by atoms with E-state index < -0.39 is 0 Å². The number of aromatic nitrogens is 2. The first-order valence-electron chi connectivity index (χ1n) is 9.24. The van der Waals surface area contributed by atoms with E-state index in [0.29, 0.717) is 18.3 Å². The summed E-state index contributed by atoms with van der Waals surface area (Å²) in [4.78, 5) is 2.47. The van der Waals surface area contributed by atoms with Crippen molar-refractivity contribution >= 4 is 11.4 Å². The Bertz CT molecular complexity index is 821. The van der Waals surface area contributed by atoms with Gasteiger partial charge in [0.25, 0.3) is 0 Å². The van der Waals surface area contributed by atoms with Crippen LogP contribution in [0.25, 0.3) is 11.5 Å². The Morgan fingerprint density at radius 2 is 1.73 bits per heavy atom. The standard InChI is InChI=1S/C21H24N4O/c1-16-11-13-25(14-12-16)19-9-7-18(8-10-19)22-15-20-23-24-21(26-20)17-5-3-2-4-6-17/h2-10,16,22H,11-15H2,1H3. The average molecular weight is 348 g/mol. The van der Waals surface area contributed by atoms with Gasteiger partial charge in [-0.25, -0.2) is 0 Å². The third-order valence-corrected chi connectivity index (χ3v) is 4.95. The van der Waals surface area contributed by atoms with Crippen LogP contribution in [0.1, 0.15) is 25.7 Å². The number of nitrogens with one attached hydrogen (secondary N) is 1. The minimum atomic E-state index is 0.514. The van der Waals surface area contributed by atoms with Crippen LogP contribution in [0, 0.1) is 5.92 Å². The van der Waals surface area contributed by atoms with Gasteiger partial charge in [-0.05, 0) is 55.2 Å². The van der Waals surface area contributed by atoms with E-state index >= 15 is 0 Å². The number of rotatable bonds is 5. The molecule has 134 valence electrons. The molecule has 0 unspecified atom stereocenters. The molecule has 1 aromatic heterocycles. The molecule has 1 aliphatic heterocycles. The lowest BCUT2D eigenvalue weighted by Crippen LogP contribution is -2.32. The molecule has 0 aliphatic carbocycles. The Morgan fingerprint density at radius 3 is 2.46 bits per heavy atom.